The number of hydrogen-bond acceptors (Lipinski definition) is 7. The number of benzene rings is 2. The molecule has 3 aromatic rings. The van der Waals surface area contributed by atoms with Crippen LogP contribution in [0.25, 0.3) is 0 Å². The predicted molar refractivity (Wildman–Crippen MR) is 111 cm³/mol. The van der Waals surface area contributed by atoms with Crippen LogP contribution in [0.3, 0.4) is 0 Å². The number of ether oxygens (including phenoxy) is 3. The molecule has 2 aromatic carbocycles. The summed E-state index contributed by atoms with van der Waals surface area (Å²) in [5.74, 6) is 0.534. The highest BCUT2D eigenvalue weighted by molar-refractivity contribution is 7.13. The van der Waals surface area contributed by atoms with E-state index in [0.29, 0.717) is 39.2 Å². The van der Waals surface area contributed by atoms with E-state index in [2.05, 4.69) is 15.6 Å². The number of methoxy groups -OCH3 is 3. The van der Waals surface area contributed by atoms with Gasteiger partial charge in [0, 0.05) is 28.4 Å². The summed E-state index contributed by atoms with van der Waals surface area (Å²) in [6.45, 7) is 0. The summed E-state index contributed by atoms with van der Waals surface area (Å²) in [6.07, 6.45) is 1.61. The van der Waals surface area contributed by atoms with E-state index in [1.807, 2.05) is 0 Å². The predicted octanol–water partition coefficient (Wildman–Crippen LogP) is 3.67. The molecule has 0 atom stereocenters. The Labute approximate surface area is 171 Å². The first-order valence-corrected chi connectivity index (χ1v) is 9.36. The van der Waals surface area contributed by atoms with Gasteiger partial charge in [0.1, 0.15) is 0 Å². The maximum absolute atomic E-state index is 12.6. The number of hydrogen-bond donors (Lipinski definition) is 2. The molecule has 0 radical (unpaired) electrons. The lowest BCUT2D eigenvalue weighted by molar-refractivity contribution is 0.101. The van der Waals surface area contributed by atoms with Crippen LogP contribution in [-0.4, -0.2) is 38.1 Å². The fourth-order valence-electron chi connectivity index (χ4n) is 2.57. The Morgan fingerprint density at radius 2 is 1.48 bits per heavy atom. The maximum atomic E-state index is 12.6. The third kappa shape index (κ3) is 4.64. The largest absolute Gasteiger partial charge is 0.493 e. The third-order valence-electron chi connectivity index (χ3n) is 3.98. The van der Waals surface area contributed by atoms with Gasteiger partial charge < -0.3 is 19.5 Å². The van der Waals surface area contributed by atoms with Crippen molar-refractivity contribution in [2.24, 2.45) is 0 Å². The van der Waals surface area contributed by atoms with E-state index in [-0.39, 0.29) is 11.8 Å². The average Bonchev–Trinajstić information content (AvgIpc) is 3.25. The lowest BCUT2D eigenvalue weighted by Crippen LogP contribution is -2.14. The van der Waals surface area contributed by atoms with Gasteiger partial charge in [0.2, 0.25) is 5.75 Å². The summed E-state index contributed by atoms with van der Waals surface area (Å²) in [7, 11) is 4.45. The molecule has 0 aliphatic carbocycles. The molecule has 0 unspecified atom stereocenters. The normalized spacial score (nSPS) is 10.2. The molecule has 0 spiro atoms. The summed E-state index contributed by atoms with van der Waals surface area (Å²) in [5.41, 5.74) is 1.32. The zero-order valence-electron chi connectivity index (χ0n) is 16.0. The molecule has 8 nitrogen and oxygen atoms in total. The lowest BCUT2D eigenvalue weighted by Gasteiger charge is -2.14. The summed E-state index contributed by atoms with van der Waals surface area (Å²) in [4.78, 5) is 28.8. The second-order valence-electron chi connectivity index (χ2n) is 5.74. The van der Waals surface area contributed by atoms with Crippen molar-refractivity contribution in [2.75, 3.05) is 32.0 Å². The van der Waals surface area contributed by atoms with Crippen molar-refractivity contribution in [3.8, 4) is 17.2 Å². The number of anilines is 2. The van der Waals surface area contributed by atoms with Crippen LogP contribution in [-0.2, 0) is 0 Å². The van der Waals surface area contributed by atoms with Gasteiger partial charge in [-0.15, -0.1) is 11.3 Å². The highest BCUT2D eigenvalue weighted by Crippen LogP contribution is 2.38. The highest BCUT2D eigenvalue weighted by Gasteiger charge is 2.17. The summed E-state index contributed by atoms with van der Waals surface area (Å²) in [5, 5.41) is 7.78. The van der Waals surface area contributed by atoms with E-state index in [1.54, 1.807) is 48.0 Å². The summed E-state index contributed by atoms with van der Waals surface area (Å²) >= 11 is 1.33. The van der Waals surface area contributed by atoms with Crippen molar-refractivity contribution in [2.45, 2.75) is 0 Å². The fourth-order valence-corrected chi connectivity index (χ4v) is 3.10. The average molecular weight is 413 g/mol. The van der Waals surface area contributed by atoms with Gasteiger partial charge in [-0.2, -0.15) is 0 Å². The van der Waals surface area contributed by atoms with Crippen LogP contribution in [0.4, 0.5) is 10.8 Å². The molecule has 1 heterocycles. The second-order valence-corrected chi connectivity index (χ2v) is 6.63. The molecule has 2 amide bonds. The van der Waals surface area contributed by atoms with Crippen LogP contribution in [0.5, 0.6) is 17.2 Å². The minimum absolute atomic E-state index is 0.276. The molecule has 29 heavy (non-hydrogen) atoms. The monoisotopic (exact) mass is 413 g/mol. The van der Waals surface area contributed by atoms with Crippen molar-refractivity contribution < 1.29 is 23.8 Å². The van der Waals surface area contributed by atoms with Gasteiger partial charge in [0.25, 0.3) is 11.8 Å². The van der Waals surface area contributed by atoms with Crippen molar-refractivity contribution >= 4 is 34.0 Å². The smallest absolute Gasteiger partial charge is 0.257 e. The third-order valence-corrected chi connectivity index (χ3v) is 4.67. The Hall–Kier alpha value is -3.59. The van der Waals surface area contributed by atoms with Gasteiger partial charge in [0.15, 0.2) is 16.6 Å². The summed E-state index contributed by atoms with van der Waals surface area (Å²) in [6, 6.07) is 9.65. The molecule has 3 rings (SSSR count). The molecule has 0 aliphatic heterocycles. The molecule has 0 aliphatic rings. The number of thiazole rings is 1. The number of carbonyl (C=O) groups is 2. The molecule has 0 fully saturated rings. The molecule has 0 saturated heterocycles. The molecule has 9 heteroatoms. The topological polar surface area (TPSA) is 98.8 Å². The molecular formula is C20H19N3O5S. The quantitative estimate of drug-likeness (QED) is 0.613. The zero-order valence-corrected chi connectivity index (χ0v) is 16.8. The molecule has 1 aromatic heterocycles. The van der Waals surface area contributed by atoms with Crippen molar-refractivity contribution in [3.05, 3.63) is 59.1 Å². The number of rotatable bonds is 7. The minimum atomic E-state index is -0.357. The molecule has 2 N–H and O–H groups in total. The minimum Gasteiger partial charge on any atom is -0.493 e. The van der Waals surface area contributed by atoms with Gasteiger partial charge in [0.05, 0.1) is 21.3 Å². The second kappa shape index (κ2) is 9.07. The molecule has 0 bridgehead atoms. The van der Waals surface area contributed by atoms with E-state index >= 15 is 0 Å². The SMILES string of the molecule is COc1cc(C(=O)Nc2ccc(C(=O)Nc3nccs3)cc2)cc(OC)c1OC. The first-order chi connectivity index (χ1) is 14.0. The van der Waals surface area contributed by atoms with E-state index in [0.717, 1.165) is 0 Å². The fraction of sp³-hybridized carbons (Fsp3) is 0.150. The maximum Gasteiger partial charge on any atom is 0.257 e. The van der Waals surface area contributed by atoms with Crippen LogP contribution in [0, 0.1) is 0 Å². The number of nitrogens with zero attached hydrogens (tertiary/aromatic N) is 1. The van der Waals surface area contributed by atoms with E-state index in [1.165, 1.54) is 32.7 Å². The highest BCUT2D eigenvalue weighted by atomic mass is 32.1. The van der Waals surface area contributed by atoms with E-state index < -0.39 is 0 Å². The number of aromatic nitrogens is 1. The first kappa shape index (κ1) is 20.2. The van der Waals surface area contributed by atoms with Crippen LogP contribution in [0.2, 0.25) is 0 Å². The van der Waals surface area contributed by atoms with Gasteiger partial charge in [-0.3, -0.25) is 14.9 Å². The number of nitrogens with one attached hydrogen (secondary N) is 2. The van der Waals surface area contributed by atoms with Gasteiger partial charge in [-0.1, -0.05) is 0 Å². The van der Waals surface area contributed by atoms with E-state index in [4.69, 9.17) is 14.2 Å². The van der Waals surface area contributed by atoms with Crippen LogP contribution < -0.4 is 24.8 Å². The Kier molecular flexibility index (Phi) is 6.30. The molecule has 0 saturated carbocycles. The Balaban J connectivity index is 1.73. The standard InChI is InChI=1S/C20H19N3O5S/c1-26-15-10-13(11-16(27-2)17(15)28-3)19(25)22-14-6-4-12(5-7-14)18(24)23-20-21-8-9-29-20/h4-11H,1-3H3,(H,22,25)(H,21,23,24). The lowest BCUT2D eigenvalue weighted by atomic mass is 10.1. The summed E-state index contributed by atoms with van der Waals surface area (Å²) < 4.78 is 15.8. The van der Waals surface area contributed by atoms with Gasteiger partial charge in [-0.25, -0.2) is 4.98 Å². The number of carbonyl (C=O) groups excluding carboxylic acids is 2. The van der Waals surface area contributed by atoms with Crippen molar-refractivity contribution in [1.29, 1.82) is 0 Å². The van der Waals surface area contributed by atoms with Crippen LogP contribution >= 0.6 is 11.3 Å². The Morgan fingerprint density at radius 3 is 2.00 bits per heavy atom. The van der Waals surface area contributed by atoms with E-state index in [9.17, 15) is 9.59 Å². The molecule has 150 valence electrons. The van der Waals surface area contributed by atoms with Gasteiger partial charge in [-0.05, 0) is 36.4 Å². The van der Waals surface area contributed by atoms with Crippen LogP contribution in [0.1, 0.15) is 20.7 Å². The van der Waals surface area contributed by atoms with Crippen LogP contribution in [0.15, 0.2) is 48.0 Å². The first-order valence-electron chi connectivity index (χ1n) is 8.48. The number of amides is 2. The zero-order chi connectivity index (χ0) is 20.8. The van der Waals surface area contributed by atoms with Crippen molar-refractivity contribution in [1.82, 2.24) is 4.98 Å². The molecular weight excluding hydrogens is 394 g/mol. The van der Waals surface area contributed by atoms with Gasteiger partial charge >= 0.3 is 0 Å². The van der Waals surface area contributed by atoms with Crippen molar-refractivity contribution in [3.63, 3.8) is 0 Å². The Bertz CT molecular complexity index is 978. The Morgan fingerprint density at radius 1 is 0.862 bits per heavy atom.